The Morgan fingerprint density at radius 2 is 1.53 bits per heavy atom. The molecule has 0 fully saturated rings. The highest BCUT2D eigenvalue weighted by Crippen LogP contribution is 2.25. The molecule has 32 heavy (non-hydrogen) atoms. The molecule has 0 saturated carbocycles. The second-order valence-electron chi connectivity index (χ2n) is 7.99. The standard InChI is InChI=1S/C24H25N5O3/c1-15-8-6-7-9-19(15)29-22-21(23(31)28(5)24(29)32)18(14-20(30)27(22)4)25-16-10-12-17(13-11-16)26(2)3/h6-14,25H,1-5H3. The van der Waals surface area contributed by atoms with Gasteiger partial charge in [-0.25, -0.2) is 9.36 Å². The second kappa shape index (κ2) is 7.88. The highest BCUT2D eigenvalue weighted by molar-refractivity contribution is 5.91. The number of benzene rings is 2. The molecule has 0 spiro atoms. The summed E-state index contributed by atoms with van der Waals surface area (Å²) in [5.74, 6) is 0. The van der Waals surface area contributed by atoms with E-state index in [-0.39, 0.29) is 16.6 Å². The third kappa shape index (κ3) is 3.39. The molecule has 1 N–H and O–H groups in total. The minimum atomic E-state index is -0.515. The van der Waals surface area contributed by atoms with Gasteiger partial charge in [0.1, 0.15) is 11.0 Å². The predicted octanol–water partition coefficient (Wildman–Crippen LogP) is 2.51. The fourth-order valence-electron chi connectivity index (χ4n) is 3.78. The maximum atomic E-state index is 13.2. The molecule has 2 aromatic carbocycles. The fourth-order valence-corrected chi connectivity index (χ4v) is 3.78. The number of aromatic nitrogens is 3. The van der Waals surface area contributed by atoms with Crippen LogP contribution in [0.15, 0.2) is 69.0 Å². The van der Waals surface area contributed by atoms with Crippen LogP contribution in [-0.2, 0) is 14.1 Å². The molecule has 4 aromatic rings. The maximum absolute atomic E-state index is 13.2. The monoisotopic (exact) mass is 431 g/mol. The van der Waals surface area contributed by atoms with E-state index < -0.39 is 11.2 Å². The molecule has 0 radical (unpaired) electrons. The maximum Gasteiger partial charge on any atom is 0.337 e. The van der Waals surface area contributed by atoms with E-state index in [1.54, 1.807) is 13.1 Å². The average molecular weight is 431 g/mol. The van der Waals surface area contributed by atoms with Gasteiger partial charge in [-0.05, 0) is 42.8 Å². The van der Waals surface area contributed by atoms with Gasteiger partial charge in [-0.15, -0.1) is 0 Å². The van der Waals surface area contributed by atoms with Crippen molar-refractivity contribution < 1.29 is 0 Å². The van der Waals surface area contributed by atoms with Crippen LogP contribution < -0.4 is 27.0 Å². The van der Waals surface area contributed by atoms with Crippen LogP contribution in [0.25, 0.3) is 16.7 Å². The Hall–Kier alpha value is -4.07. The van der Waals surface area contributed by atoms with Crippen LogP contribution in [-0.4, -0.2) is 27.8 Å². The average Bonchev–Trinajstić information content (AvgIpc) is 2.77. The van der Waals surface area contributed by atoms with E-state index in [4.69, 9.17) is 0 Å². The number of rotatable bonds is 4. The zero-order valence-corrected chi connectivity index (χ0v) is 18.7. The van der Waals surface area contributed by atoms with Gasteiger partial charge in [0.25, 0.3) is 11.1 Å². The lowest BCUT2D eigenvalue weighted by Crippen LogP contribution is -2.40. The lowest BCUT2D eigenvalue weighted by molar-refractivity contribution is 0.728. The molecule has 0 aliphatic heterocycles. The first kappa shape index (κ1) is 21.2. The first-order chi connectivity index (χ1) is 15.2. The molecule has 0 saturated heterocycles. The van der Waals surface area contributed by atoms with Gasteiger partial charge < -0.3 is 10.2 Å². The topological polar surface area (TPSA) is 81.3 Å². The van der Waals surface area contributed by atoms with Crippen LogP contribution in [0.1, 0.15) is 5.56 Å². The van der Waals surface area contributed by atoms with Crippen LogP contribution in [0.3, 0.4) is 0 Å². The molecule has 0 aliphatic carbocycles. The van der Waals surface area contributed by atoms with Crippen molar-refractivity contribution in [2.75, 3.05) is 24.3 Å². The molecule has 0 atom stereocenters. The normalized spacial score (nSPS) is 11.0. The number of hydrogen-bond acceptors (Lipinski definition) is 5. The number of nitrogens with one attached hydrogen (secondary N) is 1. The van der Waals surface area contributed by atoms with Crippen molar-refractivity contribution in [2.24, 2.45) is 14.1 Å². The van der Waals surface area contributed by atoms with Gasteiger partial charge in [0.05, 0.1) is 11.4 Å². The molecule has 8 heteroatoms. The number of para-hydroxylation sites is 1. The third-order valence-corrected chi connectivity index (χ3v) is 5.64. The van der Waals surface area contributed by atoms with Gasteiger partial charge in [-0.3, -0.25) is 18.7 Å². The summed E-state index contributed by atoms with van der Waals surface area (Å²) >= 11 is 0. The molecule has 0 aliphatic rings. The molecule has 0 bridgehead atoms. The van der Waals surface area contributed by atoms with E-state index in [0.717, 1.165) is 21.5 Å². The van der Waals surface area contributed by atoms with Crippen LogP contribution in [0.4, 0.5) is 17.1 Å². The van der Waals surface area contributed by atoms with Crippen molar-refractivity contribution in [2.45, 2.75) is 6.92 Å². The quantitative estimate of drug-likeness (QED) is 0.537. The summed E-state index contributed by atoms with van der Waals surface area (Å²) < 4.78 is 3.83. The van der Waals surface area contributed by atoms with E-state index in [2.05, 4.69) is 5.32 Å². The minimum absolute atomic E-state index is 0.243. The molecule has 2 heterocycles. The molecule has 8 nitrogen and oxygen atoms in total. The molecular weight excluding hydrogens is 406 g/mol. The van der Waals surface area contributed by atoms with Gasteiger partial charge in [0.15, 0.2) is 0 Å². The van der Waals surface area contributed by atoms with Crippen molar-refractivity contribution in [3.63, 3.8) is 0 Å². The summed E-state index contributed by atoms with van der Waals surface area (Å²) in [6.07, 6.45) is 0. The smallest absolute Gasteiger partial charge is 0.337 e. The Labute approximate surface area is 184 Å². The Bertz CT molecular complexity index is 1510. The van der Waals surface area contributed by atoms with E-state index in [1.165, 1.54) is 22.2 Å². The largest absolute Gasteiger partial charge is 0.378 e. The van der Waals surface area contributed by atoms with E-state index in [1.807, 2.05) is 68.4 Å². The summed E-state index contributed by atoms with van der Waals surface area (Å²) in [6, 6.07) is 16.4. The Morgan fingerprint density at radius 3 is 2.16 bits per heavy atom. The number of anilines is 3. The first-order valence-electron chi connectivity index (χ1n) is 10.2. The van der Waals surface area contributed by atoms with Crippen LogP contribution in [0.5, 0.6) is 0 Å². The van der Waals surface area contributed by atoms with Crippen molar-refractivity contribution in [3.8, 4) is 5.69 Å². The van der Waals surface area contributed by atoms with Gasteiger partial charge in [0, 0.05) is 45.6 Å². The van der Waals surface area contributed by atoms with Crippen LogP contribution in [0.2, 0.25) is 0 Å². The highest BCUT2D eigenvalue weighted by Gasteiger charge is 2.20. The zero-order chi connectivity index (χ0) is 23.2. The molecular formula is C24H25N5O3. The predicted molar refractivity (Wildman–Crippen MR) is 129 cm³/mol. The van der Waals surface area contributed by atoms with E-state index in [9.17, 15) is 14.4 Å². The Morgan fingerprint density at radius 1 is 0.875 bits per heavy atom. The van der Waals surface area contributed by atoms with Crippen molar-refractivity contribution in [3.05, 3.63) is 91.4 Å². The third-order valence-electron chi connectivity index (χ3n) is 5.64. The summed E-state index contributed by atoms with van der Waals surface area (Å²) in [5, 5.41) is 3.46. The number of nitrogens with zero attached hydrogens (tertiary/aromatic N) is 4. The van der Waals surface area contributed by atoms with E-state index in [0.29, 0.717) is 11.4 Å². The minimum Gasteiger partial charge on any atom is -0.378 e. The molecule has 164 valence electrons. The van der Waals surface area contributed by atoms with Crippen LogP contribution in [0, 0.1) is 6.92 Å². The number of pyridine rings is 1. The highest BCUT2D eigenvalue weighted by atomic mass is 16.2. The van der Waals surface area contributed by atoms with E-state index >= 15 is 0 Å². The van der Waals surface area contributed by atoms with Crippen molar-refractivity contribution >= 4 is 28.1 Å². The van der Waals surface area contributed by atoms with Gasteiger partial charge >= 0.3 is 5.69 Å². The lowest BCUT2D eigenvalue weighted by atomic mass is 10.2. The van der Waals surface area contributed by atoms with Crippen molar-refractivity contribution in [1.29, 1.82) is 0 Å². The summed E-state index contributed by atoms with van der Waals surface area (Å²) in [4.78, 5) is 41.2. The number of aryl methyl sites for hydroxylation is 2. The summed E-state index contributed by atoms with van der Waals surface area (Å²) in [6.45, 7) is 1.88. The fraction of sp³-hybridized carbons (Fsp3) is 0.208. The zero-order valence-electron chi connectivity index (χ0n) is 18.7. The molecule has 2 aromatic heterocycles. The van der Waals surface area contributed by atoms with Gasteiger partial charge in [0.2, 0.25) is 0 Å². The molecule has 4 rings (SSSR count). The lowest BCUT2D eigenvalue weighted by Gasteiger charge is -2.19. The Balaban J connectivity index is 2.06. The number of hydrogen-bond donors (Lipinski definition) is 1. The summed E-state index contributed by atoms with van der Waals surface area (Å²) in [5.41, 5.74) is 2.47. The molecule has 0 unspecified atom stereocenters. The first-order valence-corrected chi connectivity index (χ1v) is 10.2. The second-order valence-corrected chi connectivity index (χ2v) is 7.99. The van der Waals surface area contributed by atoms with Crippen molar-refractivity contribution in [1.82, 2.24) is 13.7 Å². The van der Waals surface area contributed by atoms with Gasteiger partial charge in [-0.2, -0.15) is 0 Å². The van der Waals surface area contributed by atoms with Crippen LogP contribution >= 0.6 is 0 Å². The van der Waals surface area contributed by atoms with Gasteiger partial charge in [-0.1, -0.05) is 18.2 Å². The molecule has 0 amide bonds. The number of fused-ring (bicyclic) bond motifs is 1. The SMILES string of the molecule is Cc1ccccc1-n1c(=O)n(C)c(=O)c2c(Nc3ccc(N(C)C)cc3)cc(=O)n(C)c21. The Kier molecular flexibility index (Phi) is 5.22. The summed E-state index contributed by atoms with van der Waals surface area (Å²) in [7, 11) is 6.91.